The normalized spacial score (nSPS) is 9.53. The van der Waals surface area contributed by atoms with Crippen LogP contribution in [0.1, 0.15) is 51.1 Å². The highest BCUT2D eigenvalue weighted by Crippen LogP contribution is 2.05. The molecule has 0 spiro atoms. The van der Waals surface area contributed by atoms with Gasteiger partial charge >= 0.3 is 0 Å². The Balaban J connectivity index is 0.000000302. The Morgan fingerprint density at radius 3 is 2.29 bits per heavy atom. The number of nitrogens with zero attached hydrogens (tertiary/aromatic N) is 1. The van der Waals surface area contributed by atoms with Crippen molar-refractivity contribution in [2.75, 3.05) is 0 Å². The van der Waals surface area contributed by atoms with Crippen molar-refractivity contribution in [2.24, 2.45) is 0 Å². The van der Waals surface area contributed by atoms with Crippen LogP contribution in [0.3, 0.4) is 0 Å². The summed E-state index contributed by atoms with van der Waals surface area (Å²) in [7, 11) is 0. The van der Waals surface area contributed by atoms with Crippen LogP contribution in [0, 0.1) is 0 Å². The van der Waals surface area contributed by atoms with E-state index in [1.54, 1.807) is 12.3 Å². The van der Waals surface area contributed by atoms with Crippen LogP contribution in [0.4, 0.5) is 0 Å². The first-order valence-corrected chi connectivity index (χ1v) is 8.27. The molecule has 0 bridgehead atoms. The molecule has 2 nitrogen and oxygen atoms in total. The molecule has 0 fully saturated rings. The van der Waals surface area contributed by atoms with Gasteiger partial charge in [0.05, 0.1) is 12.3 Å². The van der Waals surface area contributed by atoms with E-state index in [0.717, 1.165) is 0 Å². The maximum atomic E-state index is 8.48. The molecule has 0 amide bonds. The van der Waals surface area contributed by atoms with Gasteiger partial charge in [-0.25, -0.2) is 0 Å². The van der Waals surface area contributed by atoms with E-state index in [-0.39, 0.29) is 6.61 Å². The quantitative estimate of drug-likeness (QED) is 0.597. The molecule has 0 atom stereocenters. The third-order valence-electron chi connectivity index (χ3n) is 2.60. The minimum atomic E-state index is 0.0286. The zero-order valence-electron chi connectivity index (χ0n) is 11.4. The summed E-state index contributed by atoms with van der Waals surface area (Å²) in [6.45, 7) is 2.30. The molecule has 1 heterocycles. The summed E-state index contributed by atoms with van der Waals surface area (Å²) >= 11 is 1.41. The molecular formula is C14H26AlNO. The fourth-order valence-corrected chi connectivity index (χ4v) is 2.02. The van der Waals surface area contributed by atoms with Crippen LogP contribution < -0.4 is 0 Å². The van der Waals surface area contributed by atoms with E-state index >= 15 is 0 Å². The van der Waals surface area contributed by atoms with Crippen molar-refractivity contribution in [3.63, 3.8) is 0 Å². The van der Waals surface area contributed by atoms with Gasteiger partial charge in [-0.2, -0.15) is 0 Å². The number of aliphatic hydroxyl groups excluding tert-OH is 1. The molecule has 3 heteroatoms. The fraction of sp³-hybridized carbons (Fsp3) is 0.643. The van der Waals surface area contributed by atoms with Gasteiger partial charge in [0.15, 0.2) is 0 Å². The summed E-state index contributed by atoms with van der Waals surface area (Å²) in [6, 6.07) is 5.44. The zero-order valence-corrected chi connectivity index (χ0v) is 13.4. The Morgan fingerprint density at radius 2 is 1.82 bits per heavy atom. The minimum Gasteiger partial charge on any atom is -0.390 e. The van der Waals surface area contributed by atoms with Crippen LogP contribution in [0.2, 0.25) is 5.28 Å². The highest BCUT2D eigenvalue weighted by Gasteiger charge is 1.86. The van der Waals surface area contributed by atoms with E-state index < -0.39 is 0 Å². The molecule has 0 saturated carbocycles. The lowest BCUT2D eigenvalue weighted by Crippen LogP contribution is -1.84. The summed E-state index contributed by atoms with van der Waals surface area (Å²) < 4.78 is 0. The van der Waals surface area contributed by atoms with Crippen molar-refractivity contribution in [3.05, 3.63) is 30.1 Å². The van der Waals surface area contributed by atoms with Crippen LogP contribution in [0.25, 0.3) is 0 Å². The van der Waals surface area contributed by atoms with Crippen molar-refractivity contribution in [3.8, 4) is 0 Å². The van der Waals surface area contributed by atoms with Crippen molar-refractivity contribution in [2.45, 2.75) is 57.3 Å². The molecule has 96 valence electrons. The molecule has 1 aromatic rings. The van der Waals surface area contributed by atoms with E-state index in [1.165, 1.54) is 60.1 Å². The Morgan fingerprint density at radius 1 is 1.12 bits per heavy atom. The Bertz CT molecular complexity index is 235. The van der Waals surface area contributed by atoms with E-state index in [0.29, 0.717) is 5.69 Å². The average molecular weight is 251 g/mol. The van der Waals surface area contributed by atoms with Gasteiger partial charge in [-0.15, -0.1) is 5.28 Å². The molecule has 1 N–H and O–H groups in total. The van der Waals surface area contributed by atoms with Gasteiger partial charge in [-0.05, 0) is 12.1 Å². The summed E-state index contributed by atoms with van der Waals surface area (Å²) in [5, 5.41) is 9.98. The topological polar surface area (TPSA) is 33.1 Å². The second-order valence-corrected chi connectivity index (χ2v) is 5.25. The lowest BCUT2D eigenvalue weighted by Gasteiger charge is -1.96. The SMILES string of the molecule is CCCCCCC[CH2][AlH2].OCc1ccccn1. The molecule has 0 radical (unpaired) electrons. The monoisotopic (exact) mass is 251 g/mol. The van der Waals surface area contributed by atoms with Gasteiger partial charge in [0.2, 0.25) is 16.3 Å². The number of aliphatic hydroxyl groups is 1. The molecule has 0 aliphatic rings. The number of hydrogen-bond donors (Lipinski definition) is 1. The van der Waals surface area contributed by atoms with E-state index in [2.05, 4.69) is 11.9 Å². The van der Waals surface area contributed by atoms with Crippen molar-refractivity contribution in [1.82, 2.24) is 4.98 Å². The number of hydrogen-bond acceptors (Lipinski definition) is 2. The lowest BCUT2D eigenvalue weighted by molar-refractivity contribution is 0.277. The second-order valence-electron chi connectivity index (χ2n) is 4.25. The smallest absolute Gasteiger partial charge is 0.211 e. The molecular weight excluding hydrogens is 225 g/mol. The van der Waals surface area contributed by atoms with Crippen molar-refractivity contribution >= 4 is 16.3 Å². The average Bonchev–Trinajstić information content (AvgIpc) is 2.40. The number of aromatic nitrogens is 1. The molecule has 0 aliphatic carbocycles. The van der Waals surface area contributed by atoms with Crippen molar-refractivity contribution in [1.29, 1.82) is 0 Å². The van der Waals surface area contributed by atoms with E-state index in [1.807, 2.05) is 12.1 Å². The van der Waals surface area contributed by atoms with E-state index in [9.17, 15) is 0 Å². The second kappa shape index (κ2) is 13.7. The zero-order chi connectivity index (χ0) is 12.8. The molecule has 17 heavy (non-hydrogen) atoms. The van der Waals surface area contributed by atoms with Crippen LogP contribution in [0.5, 0.6) is 0 Å². The van der Waals surface area contributed by atoms with Gasteiger partial charge in [-0.1, -0.05) is 51.5 Å². The van der Waals surface area contributed by atoms with Gasteiger partial charge in [-0.3, -0.25) is 4.98 Å². The number of unbranched alkanes of at least 4 members (excludes halogenated alkanes) is 5. The van der Waals surface area contributed by atoms with Gasteiger partial charge in [0.1, 0.15) is 0 Å². The third kappa shape index (κ3) is 11.9. The van der Waals surface area contributed by atoms with E-state index in [4.69, 9.17) is 5.11 Å². The Hall–Kier alpha value is -0.358. The van der Waals surface area contributed by atoms with Crippen LogP contribution >= 0.6 is 0 Å². The Kier molecular flexibility index (Phi) is 13.4. The van der Waals surface area contributed by atoms with Crippen molar-refractivity contribution < 1.29 is 5.11 Å². The molecule has 1 aromatic heterocycles. The van der Waals surface area contributed by atoms with Crippen LogP contribution in [-0.2, 0) is 6.61 Å². The minimum absolute atomic E-state index is 0.0286. The number of rotatable bonds is 7. The molecule has 0 aliphatic heterocycles. The largest absolute Gasteiger partial charge is 0.390 e. The highest BCUT2D eigenvalue weighted by atomic mass is 27.0. The predicted octanol–water partition coefficient (Wildman–Crippen LogP) is 2.97. The maximum Gasteiger partial charge on any atom is 0.211 e. The first-order valence-electron chi connectivity index (χ1n) is 6.85. The standard InChI is InChI=1S/C8H17.C6H7NO.Al.2H/c1-3-5-7-8-6-4-2;8-5-6-3-1-2-4-7-6;;;/h1,3-8H2,2H3;1-4,8H,5H2;;;. The van der Waals surface area contributed by atoms with Crippen LogP contribution in [0.15, 0.2) is 24.4 Å². The van der Waals surface area contributed by atoms with Gasteiger partial charge in [0.25, 0.3) is 0 Å². The number of pyridine rings is 1. The molecule has 0 saturated heterocycles. The summed E-state index contributed by atoms with van der Waals surface area (Å²) in [6.07, 6.45) is 10.4. The summed E-state index contributed by atoms with van der Waals surface area (Å²) in [5.41, 5.74) is 0.715. The first kappa shape index (κ1) is 16.6. The fourth-order valence-electron chi connectivity index (χ4n) is 1.52. The Labute approximate surface area is 114 Å². The third-order valence-corrected chi connectivity index (χ3v) is 3.30. The lowest BCUT2D eigenvalue weighted by atomic mass is 10.1. The maximum absolute atomic E-state index is 8.48. The molecule has 0 aromatic carbocycles. The summed E-state index contributed by atoms with van der Waals surface area (Å²) in [5.74, 6) is 0. The van der Waals surface area contributed by atoms with Gasteiger partial charge in [0, 0.05) is 6.20 Å². The molecule has 0 unspecified atom stereocenters. The van der Waals surface area contributed by atoms with Crippen LogP contribution in [-0.4, -0.2) is 26.4 Å². The van der Waals surface area contributed by atoms with Gasteiger partial charge < -0.3 is 5.11 Å². The molecule has 1 rings (SSSR count). The summed E-state index contributed by atoms with van der Waals surface area (Å²) in [4.78, 5) is 3.85. The first-order chi connectivity index (χ1) is 8.35. The highest BCUT2D eigenvalue weighted by molar-refractivity contribution is 6.08. The predicted molar refractivity (Wildman–Crippen MR) is 76.9 cm³/mol.